The Labute approximate surface area is 170 Å². The van der Waals surface area contributed by atoms with Crippen LogP contribution in [-0.4, -0.2) is 46.6 Å². The van der Waals surface area contributed by atoms with Crippen molar-refractivity contribution in [3.63, 3.8) is 0 Å². The molecule has 1 aromatic carbocycles. The number of pyridine rings is 1. The molecule has 3 heterocycles. The molecule has 0 bridgehead atoms. The second-order valence-electron chi connectivity index (χ2n) is 7.31. The SMILES string of the molecule is CCN(Cc1ccoc1)[C@@H]1CCN(c2nccc(-c3ccccc3)c2C(=O)O)C1. The molecule has 1 saturated heterocycles. The van der Waals surface area contributed by atoms with Crippen LogP contribution in [0.15, 0.2) is 65.6 Å². The van der Waals surface area contributed by atoms with Crippen molar-refractivity contribution >= 4 is 11.8 Å². The predicted molar refractivity (Wildman–Crippen MR) is 112 cm³/mol. The first-order valence-corrected chi connectivity index (χ1v) is 9.95. The summed E-state index contributed by atoms with van der Waals surface area (Å²) in [4.78, 5) is 21.2. The molecule has 0 radical (unpaired) electrons. The predicted octanol–water partition coefficient (Wildman–Crippen LogP) is 4.14. The first-order valence-electron chi connectivity index (χ1n) is 9.95. The summed E-state index contributed by atoms with van der Waals surface area (Å²) >= 11 is 0. The Morgan fingerprint density at radius 1 is 1.28 bits per heavy atom. The van der Waals surface area contributed by atoms with E-state index in [1.807, 2.05) is 36.4 Å². The summed E-state index contributed by atoms with van der Waals surface area (Å²) in [7, 11) is 0. The molecule has 1 aliphatic heterocycles. The molecule has 1 fully saturated rings. The van der Waals surface area contributed by atoms with Crippen LogP contribution in [-0.2, 0) is 6.54 Å². The summed E-state index contributed by atoms with van der Waals surface area (Å²) in [5, 5.41) is 9.97. The number of aromatic carboxylic acids is 1. The van der Waals surface area contributed by atoms with Crippen LogP contribution < -0.4 is 4.90 Å². The second kappa shape index (κ2) is 8.49. The number of benzene rings is 1. The number of nitrogens with zero attached hydrogens (tertiary/aromatic N) is 3. The zero-order valence-corrected chi connectivity index (χ0v) is 16.5. The monoisotopic (exact) mass is 391 g/mol. The quantitative estimate of drug-likeness (QED) is 0.653. The first-order chi connectivity index (χ1) is 14.2. The lowest BCUT2D eigenvalue weighted by Gasteiger charge is -2.28. The highest BCUT2D eigenvalue weighted by atomic mass is 16.4. The molecule has 29 heavy (non-hydrogen) atoms. The normalized spacial score (nSPS) is 16.5. The highest BCUT2D eigenvalue weighted by Crippen LogP contribution is 2.32. The van der Waals surface area contributed by atoms with Gasteiger partial charge >= 0.3 is 5.97 Å². The molecule has 2 aromatic heterocycles. The van der Waals surface area contributed by atoms with Crippen molar-refractivity contribution in [1.82, 2.24) is 9.88 Å². The van der Waals surface area contributed by atoms with E-state index in [1.165, 1.54) is 0 Å². The third-order valence-electron chi connectivity index (χ3n) is 5.58. The number of carbonyl (C=O) groups is 1. The van der Waals surface area contributed by atoms with Crippen LogP contribution in [0.5, 0.6) is 0 Å². The lowest BCUT2D eigenvalue weighted by atomic mass is 10.0. The zero-order valence-electron chi connectivity index (χ0n) is 16.5. The molecule has 150 valence electrons. The van der Waals surface area contributed by atoms with Gasteiger partial charge in [0.2, 0.25) is 0 Å². The van der Waals surface area contributed by atoms with E-state index >= 15 is 0 Å². The summed E-state index contributed by atoms with van der Waals surface area (Å²) in [6.07, 6.45) is 6.16. The first kappa shape index (κ1) is 19.2. The van der Waals surface area contributed by atoms with Crippen LogP contribution in [0.25, 0.3) is 11.1 Å². The lowest BCUT2D eigenvalue weighted by Crippen LogP contribution is -2.37. The van der Waals surface area contributed by atoms with E-state index in [2.05, 4.69) is 21.7 Å². The molecule has 0 unspecified atom stereocenters. The number of hydrogen-bond donors (Lipinski definition) is 1. The minimum atomic E-state index is -0.943. The molecule has 0 saturated carbocycles. The number of likely N-dealkylation sites (N-methyl/N-ethyl adjacent to an activating group) is 1. The minimum absolute atomic E-state index is 0.275. The van der Waals surface area contributed by atoms with Gasteiger partial charge in [-0.2, -0.15) is 0 Å². The maximum atomic E-state index is 12.2. The van der Waals surface area contributed by atoms with Crippen LogP contribution in [0.1, 0.15) is 29.3 Å². The van der Waals surface area contributed by atoms with Gasteiger partial charge in [-0.25, -0.2) is 9.78 Å². The number of furan rings is 1. The third kappa shape index (κ3) is 4.03. The van der Waals surface area contributed by atoms with Gasteiger partial charge in [-0.05, 0) is 30.7 Å². The molecule has 4 rings (SSSR count). The number of aromatic nitrogens is 1. The molecular formula is C23H25N3O3. The summed E-state index contributed by atoms with van der Waals surface area (Å²) in [6.45, 7) is 5.46. The van der Waals surface area contributed by atoms with Crippen LogP contribution >= 0.6 is 0 Å². The van der Waals surface area contributed by atoms with Crippen molar-refractivity contribution in [3.8, 4) is 11.1 Å². The highest BCUT2D eigenvalue weighted by Gasteiger charge is 2.31. The number of carboxylic acids is 1. The number of carboxylic acid groups (broad SMARTS) is 1. The third-order valence-corrected chi connectivity index (χ3v) is 5.58. The molecular weight excluding hydrogens is 366 g/mol. The Balaban J connectivity index is 1.60. The molecule has 6 heteroatoms. The van der Waals surface area contributed by atoms with Gasteiger partial charge in [0.15, 0.2) is 0 Å². The van der Waals surface area contributed by atoms with E-state index < -0.39 is 5.97 Å². The maximum absolute atomic E-state index is 12.2. The van der Waals surface area contributed by atoms with Crippen LogP contribution in [0, 0.1) is 0 Å². The molecule has 3 aromatic rings. The zero-order chi connectivity index (χ0) is 20.2. The summed E-state index contributed by atoms with van der Waals surface area (Å²) in [5.74, 6) is -0.387. The van der Waals surface area contributed by atoms with E-state index in [4.69, 9.17) is 4.42 Å². The molecule has 1 aliphatic rings. The fourth-order valence-electron chi connectivity index (χ4n) is 4.11. The van der Waals surface area contributed by atoms with Crippen molar-refractivity contribution in [2.75, 3.05) is 24.5 Å². The molecule has 6 nitrogen and oxygen atoms in total. The van der Waals surface area contributed by atoms with Gasteiger partial charge in [-0.15, -0.1) is 0 Å². The maximum Gasteiger partial charge on any atom is 0.340 e. The number of rotatable bonds is 7. The van der Waals surface area contributed by atoms with E-state index in [1.54, 1.807) is 24.8 Å². The van der Waals surface area contributed by atoms with Gasteiger partial charge in [0.05, 0.1) is 12.5 Å². The van der Waals surface area contributed by atoms with Gasteiger partial charge < -0.3 is 14.4 Å². The molecule has 1 atom stereocenters. The van der Waals surface area contributed by atoms with Crippen LogP contribution in [0.4, 0.5) is 5.82 Å². The Morgan fingerprint density at radius 3 is 2.79 bits per heavy atom. The van der Waals surface area contributed by atoms with E-state index in [0.717, 1.165) is 43.7 Å². The minimum Gasteiger partial charge on any atom is -0.478 e. The molecule has 1 N–H and O–H groups in total. The van der Waals surface area contributed by atoms with Crippen LogP contribution in [0.3, 0.4) is 0 Å². The van der Waals surface area contributed by atoms with E-state index in [9.17, 15) is 9.90 Å². The highest BCUT2D eigenvalue weighted by molar-refractivity contribution is 6.01. The van der Waals surface area contributed by atoms with Crippen LogP contribution in [0.2, 0.25) is 0 Å². The van der Waals surface area contributed by atoms with E-state index in [-0.39, 0.29) is 5.56 Å². The van der Waals surface area contributed by atoms with Crippen molar-refractivity contribution in [2.45, 2.75) is 25.9 Å². The largest absolute Gasteiger partial charge is 0.478 e. The summed E-state index contributed by atoms with van der Waals surface area (Å²) < 4.78 is 5.20. The van der Waals surface area contributed by atoms with Crippen molar-refractivity contribution < 1.29 is 14.3 Å². The fourth-order valence-corrected chi connectivity index (χ4v) is 4.11. The Bertz CT molecular complexity index is 957. The van der Waals surface area contributed by atoms with Crippen molar-refractivity contribution in [3.05, 3.63) is 72.3 Å². The standard InChI is InChI=1S/C23H25N3O3/c1-2-25(14-17-10-13-29-16-17)19-9-12-26(15-19)22-21(23(27)28)20(8-11-24-22)18-6-4-3-5-7-18/h3-8,10-11,13,16,19H,2,9,12,14-15H2,1H3,(H,27,28)/t19-/m1/s1. The summed E-state index contributed by atoms with van der Waals surface area (Å²) in [6, 6.07) is 13.7. The van der Waals surface area contributed by atoms with Gasteiger partial charge in [0.25, 0.3) is 0 Å². The van der Waals surface area contributed by atoms with E-state index in [0.29, 0.717) is 17.4 Å². The van der Waals surface area contributed by atoms with Crippen molar-refractivity contribution in [2.24, 2.45) is 0 Å². The average molecular weight is 391 g/mol. The number of anilines is 1. The Hall–Kier alpha value is -3.12. The fraction of sp³-hybridized carbons (Fsp3) is 0.304. The van der Waals surface area contributed by atoms with Gasteiger partial charge in [-0.1, -0.05) is 37.3 Å². The van der Waals surface area contributed by atoms with Crippen molar-refractivity contribution in [1.29, 1.82) is 0 Å². The smallest absolute Gasteiger partial charge is 0.340 e. The van der Waals surface area contributed by atoms with Gasteiger partial charge in [0, 0.05) is 43.0 Å². The topological polar surface area (TPSA) is 69.8 Å². The second-order valence-corrected chi connectivity index (χ2v) is 7.31. The Kier molecular flexibility index (Phi) is 5.62. The average Bonchev–Trinajstić information content (AvgIpc) is 3.44. The van der Waals surface area contributed by atoms with Gasteiger partial charge in [0.1, 0.15) is 11.4 Å². The molecule has 0 spiro atoms. The summed E-state index contributed by atoms with van der Waals surface area (Å²) in [5.41, 5.74) is 3.02. The molecule has 0 aliphatic carbocycles. The lowest BCUT2D eigenvalue weighted by molar-refractivity contribution is 0.0698. The number of hydrogen-bond acceptors (Lipinski definition) is 5. The Morgan fingerprint density at radius 2 is 2.10 bits per heavy atom. The van der Waals surface area contributed by atoms with Gasteiger partial charge in [-0.3, -0.25) is 4.90 Å². The molecule has 0 amide bonds.